The predicted octanol–water partition coefficient (Wildman–Crippen LogP) is 4.96. The van der Waals surface area contributed by atoms with Crippen molar-refractivity contribution >= 4 is 23.8 Å². The summed E-state index contributed by atoms with van der Waals surface area (Å²) in [5.74, 6) is 1.37. The minimum atomic E-state index is 0.555. The van der Waals surface area contributed by atoms with Crippen molar-refractivity contribution in [2.45, 2.75) is 0 Å². The number of nitrogens with zero attached hydrogens (tertiary/aromatic N) is 2. The molecule has 0 aliphatic heterocycles. The quantitative estimate of drug-likeness (QED) is 0.650. The van der Waals surface area contributed by atoms with Gasteiger partial charge in [0, 0.05) is 11.9 Å². The van der Waals surface area contributed by atoms with E-state index in [0.717, 1.165) is 22.7 Å². The average molecular weight is 329 g/mol. The summed E-state index contributed by atoms with van der Waals surface area (Å²) < 4.78 is 5.15. The molecule has 1 aromatic heterocycles. The zero-order valence-corrected chi connectivity index (χ0v) is 14.0. The zero-order valence-electron chi connectivity index (χ0n) is 14.0. The molecular weight excluding hydrogens is 310 g/mol. The van der Waals surface area contributed by atoms with E-state index in [1.54, 1.807) is 13.3 Å². The van der Waals surface area contributed by atoms with E-state index in [1.165, 1.54) is 0 Å². The number of rotatable bonds is 6. The first-order valence-electron chi connectivity index (χ1n) is 7.97. The van der Waals surface area contributed by atoms with Gasteiger partial charge in [0.25, 0.3) is 0 Å². The molecule has 124 valence electrons. The molecule has 4 heteroatoms. The van der Waals surface area contributed by atoms with Gasteiger partial charge in [0.05, 0.1) is 12.8 Å². The van der Waals surface area contributed by atoms with E-state index in [2.05, 4.69) is 27.4 Å². The highest BCUT2D eigenvalue weighted by molar-refractivity contribution is 5.58. The van der Waals surface area contributed by atoms with Gasteiger partial charge in [0.2, 0.25) is 5.95 Å². The van der Waals surface area contributed by atoms with Crippen LogP contribution in [-0.4, -0.2) is 17.1 Å². The largest absolute Gasteiger partial charge is 0.497 e. The number of ether oxygens (including phenoxy) is 1. The number of benzene rings is 2. The minimum Gasteiger partial charge on any atom is -0.497 e. The van der Waals surface area contributed by atoms with Crippen molar-refractivity contribution in [2.24, 2.45) is 0 Å². The van der Waals surface area contributed by atoms with Crippen LogP contribution in [0.2, 0.25) is 0 Å². The fraction of sp³-hybridized carbons (Fsp3) is 0.0476. The van der Waals surface area contributed by atoms with Gasteiger partial charge in [0.15, 0.2) is 0 Å². The lowest BCUT2D eigenvalue weighted by atomic mass is 10.2. The van der Waals surface area contributed by atoms with Crippen LogP contribution in [0.1, 0.15) is 11.3 Å². The number of anilines is 2. The summed E-state index contributed by atoms with van der Waals surface area (Å²) in [6.07, 6.45) is 9.69. The van der Waals surface area contributed by atoms with Crippen molar-refractivity contribution in [3.8, 4) is 5.75 Å². The van der Waals surface area contributed by atoms with Crippen molar-refractivity contribution in [2.75, 3.05) is 12.4 Å². The maximum Gasteiger partial charge on any atom is 0.227 e. The number of nitrogens with one attached hydrogen (secondary N) is 1. The topological polar surface area (TPSA) is 47.0 Å². The standard InChI is InChI=1S/C21H19N3O/c1-25-20-13-11-19(12-14-20)24-21-22-16-15-18(23-21)10-6-5-9-17-7-3-2-4-8-17/h2-16H,1H3,(H,22,23,24)/b9-5-,10-6+. The molecule has 1 heterocycles. The van der Waals surface area contributed by atoms with E-state index >= 15 is 0 Å². The highest BCUT2D eigenvalue weighted by Gasteiger charge is 1.99. The zero-order chi connectivity index (χ0) is 17.3. The lowest BCUT2D eigenvalue weighted by molar-refractivity contribution is 0.415. The van der Waals surface area contributed by atoms with Crippen LogP contribution in [0, 0.1) is 0 Å². The van der Waals surface area contributed by atoms with Crippen LogP contribution in [0.3, 0.4) is 0 Å². The normalized spacial score (nSPS) is 11.1. The third-order valence-electron chi connectivity index (χ3n) is 3.49. The molecule has 3 aromatic rings. The minimum absolute atomic E-state index is 0.555. The molecule has 4 nitrogen and oxygen atoms in total. The molecule has 0 atom stereocenters. The molecule has 1 N–H and O–H groups in total. The molecule has 0 spiro atoms. The SMILES string of the molecule is COc1ccc(Nc2nccc(/C=C/C=C\c3ccccc3)n2)cc1. The lowest BCUT2D eigenvalue weighted by Crippen LogP contribution is -1.97. The van der Waals surface area contributed by atoms with Crippen molar-refractivity contribution in [1.82, 2.24) is 9.97 Å². The third kappa shape index (κ3) is 5.04. The summed E-state index contributed by atoms with van der Waals surface area (Å²) in [5, 5.41) is 3.18. The molecule has 0 amide bonds. The molecule has 0 fully saturated rings. The van der Waals surface area contributed by atoms with Crippen LogP contribution in [0.15, 0.2) is 79.0 Å². The van der Waals surface area contributed by atoms with Gasteiger partial charge < -0.3 is 10.1 Å². The average Bonchev–Trinajstić information content (AvgIpc) is 2.67. The molecule has 0 aliphatic carbocycles. The number of aromatic nitrogens is 2. The van der Waals surface area contributed by atoms with Gasteiger partial charge in [-0.2, -0.15) is 0 Å². The molecular formula is C21H19N3O. The van der Waals surface area contributed by atoms with Gasteiger partial charge in [-0.25, -0.2) is 9.97 Å². The Labute approximate surface area is 147 Å². The molecule has 0 aliphatic rings. The first kappa shape index (κ1) is 16.5. The van der Waals surface area contributed by atoms with E-state index in [4.69, 9.17) is 4.74 Å². The Morgan fingerprint density at radius 2 is 1.64 bits per heavy atom. The summed E-state index contributed by atoms with van der Waals surface area (Å²) in [4.78, 5) is 8.73. The van der Waals surface area contributed by atoms with Gasteiger partial charge in [-0.3, -0.25) is 0 Å². The number of allylic oxidation sites excluding steroid dienone is 2. The maximum absolute atomic E-state index is 5.15. The second kappa shape index (κ2) is 8.45. The lowest BCUT2D eigenvalue weighted by Gasteiger charge is -2.06. The number of hydrogen-bond acceptors (Lipinski definition) is 4. The van der Waals surface area contributed by atoms with Crippen molar-refractivity contribution in [3.63, 3.8) is 0 Å². The highest BCUT2D eigenvalue weighted by Crippen LogP contribution is 2.17. The van der Waals surface area contributed by atoms with Gasteiger partial charge in [-0.05, 0) is 42.0 Å². The highest BCUT2D eigenvalue weighted by atomic mass is 16.5. The van der Waals surface area contributed by atoms with Crippen molar-refractivity contribution in [3.05, 3.63) is 90.3 Å². The molecule has 0 radical (unpaired) electrons. The molecule has 0 unspecified atom stereocenters. The Hall–Kier alpha value is -3.40. The van der Waals surface area contributed by atoms with Crippen LogP contribution >= 0.6 is 0 Å². The summed E-state index contributed by atoms with van der Waals surface area (Å²) >= 11 is 0. The van der Waals surface area contributed by atoms with Crippen LogP contribution in [0.25, 0.3) is 12.2 Å². The second-order valence-corrected chi connectivity index (χ2v) is 5.29. The Morgan fingerprint density at radius 1 is 0.880 bits per heavy atom. The van der Waals surface area contributed by atoms with Gasteiger partial charge in [-0.1, -0.05) is 48.6 Å². The molecule has 2 aromatic carbocycles. The smallest absolute Gasteiger partial charge is 0.227 e. The Balaban J connectivity index is 1.64. The van der Waals surface area contributed by atoms with Gasteiger partial charge in [0.1, 0.15) is 5.75 Å². The molecule has 0 saturated heterocycles. The van der Waals surface area contributed by atoms with Crippen LogP contribution < -0.4 is 10.1 Å². The first-order chi connectivity index (χ1) is 12.3. The van der Waals surface area contributed by atoms with Gasteiger partial charge in [-0.15, -0.1) is 0 Å². The first-order valence-corrected chi connectivity index (χ1v) is 7.97. The Morgan fingerprint density at radius 3 is 2.40 bits per heavy atom. The molecule has 0 saturated carbocycles. The van der Waals surface area contributed by atoms with E-state index in [-0.39, 0.29) is 0 Å². The maximum atomic E-state index is 5.15. The number of hydrogen-bond donors (Lipinski definition) is 1. The fourth-order valence-electron chi connectivity index (χ4n) is 2.21. The van der Waals surface area contributed by atoms with Crippen molar-refractivity contribution < 1.29 is 4.74 Å². The molecule has 25 heavy (non-hydrogen) atoms. The van der Waals surface area contributed by atoms with E-state index in [1.807, 2.05) is 72.8 Å². The Bertz CT molecular complexity index is 856. The second-order valence-electron chi connectivity index (χ2n) is 5.29. The monoisotopic (exact) mass is 329 g/mol. The molecule has 3 rings (SSSR count). The predicted molar refractivity (Wildman–Crippen MR) is 103 cm³/mol. The van der Waals surface area contributed by atoms with E-state index in [0.29, 0.717) is 5.95 Å². The van der Waals surface area contributed by atoms with Crippen LogP contribution in [-0.2, 0) is 0 Å². The number of methoxy groups -OCH3 is 1. The summed E-state index contributed by atoms with van der Waals surface area (Å²) in [5.41, 5.74) is 2.91. The van der Waals surface area contributed by atoms with Crippen LogP contribution in [0.5, 0.6) is 5.75 Å². The summed E-state index contributed by atoms with van der Waals surface area (Å²) in [6.45, 7) is 0. The summed E-state index contributed by atoms with van der Waals surface area (Å²) in [7, 11) is 1.65. The Kier molecular flexibility index (Phi) is 5.56. The van der Waals surface area contributed by atoms with Crippen molar-refractivity contribution in [1.29, 1.82) is 0 Å². The molecule has 0 bridgehead atoms. The third-order valence-corrected chi connectivity index (χ3v) is 3.49. The summed E-state index contributed by atoms with van der Waals surface area (Å²) in [6, 6.07) is 19.7. The van der Waals surface area contributed by atoms with E-state index in [9.17, 15) is 0 Å². The fourth-order valence-corrected chi connectivity index (χ4v) is 2.21. The van der Waals surface area contributed by atoms with Crippen LogP contribution in [0.4, 0.5) is 11.6 Å². The van der Waals surface area contributed by atoms with E-state index < -0.39 is 0 Å². The van der Waals surface area contributed by atoms with Gasteiger partial charge >= 0.3 is 0 Å².